The summed E-state index contributed by atoms with van der Waals surface area (Å²) in [7, 11) is 1.31. The molecule has 0 aliphatic carbocycles. The van der Waals surface area contributed by atoms with Crippen molar-refractivity contribution in [1.82, 2.24) is 9.55 Å². The standard InChI is InChI=1S/C21H19N3O4/c1-28-21(27)13-5-8-15(9-6-13)22-19(25)14-7-10-16-17(12-14)23-18-4-2-3-11-24(18)20(16)26/h5-10,12H,2-4,11H2,1H3,(H,22,25). The van der Waals surface area contributed by atoms with Crippen molar-refractivity contribution >= 4 is 28.5 Å². The van der Waals surface area contributed by atoms with Crippen LogP contribution in [-0.4, -0.2) is 28.5 Å². The zero-order chi connectivity index (χ0) is 19.7. The van der Waals surface area contributed by atoms with Gasteiger partial charge in [-0.25, -0.2) is 9.78 Å². The van der Waals surface area contributed by atoms with E-state index in [-0.39, 0.29) is 11.5 Å². The van der Waals surface area contributed by atoms with Crippen LogP contribution < -0.4 is 10.9 Å². The zero-order valence-corrected chi connectivity index (χ0v) is 15.4. The number of amides is 1. The number of ether oxygens (including phenoxy) is 1. The van der Waals surface area contributed by atoms with Crippen molar-refractivity contribution in [2.24, 2.45) is 0 Å². The summed E-state index contributed by atoms with van der Waals surface area (Å²) in [5.41, 5.74) is 1.85. The van der Waals surface area contributed by atoms with E-state index in [9.17, 15) is 14.4 Å². The maximum atomic E-state index is 12.6. The van der Waals surface area contributed by atoms with Crippen LogP contribution in [0, 0.1) is 0 Å². The average Bonchev–Trinajstić information content (AvgIpc) is 2.73. The number of benzene rings is 2. The first-order valence-corrected chi connectivity index (χ1v) is 9.10. The van der Waals surface area contributed by atoms with E-state index in [1.54, 1.807) is 47.0 Å². The van der Waals surface area contributed by atoms with E-state index in [2.05, 4.69) is 15.0 Å². The fourth-order valence-electron chi connectivity index (χ4n) is 3.39. The summed E-state index contributed by atoms with van der Waals surface area (Å²) in [6.07, 6.45) is 2.77. The molecule has 0 radical (unpaired) electrons. The van der Waals surface area contributed by atoms with Crippen molar-refractivity contribution in [3.63, 3.8) is 0 Å². The molecule has 1 N–H and O–H groups in total. The van der Waals surface area contributed by atoms with Gasteiger partial charge < -0.3 is 10.1 Å². The molecule has 0 unspecified atom stereocenters. The van der Waals surface area contributed by atoms with E-state index in [4.69, 9.17) is 0 Å². The number of anilines is 1. The summed E-state index contributed by atoms with van der Waals surface area (Å²) in [5, 5.41) is 3.30. The van der Waals surface area contributed by atoms with Crippen LogP contribution in [0.4, 0.5) is 5.69 Å². The molecule has 4 rings (SSSR count). The molecule has 0 atom stereocenters. The van der Waals surface area contributed by atoms with Crippen LogP contribution in [0.25, 0.3) is 10.9 Å². The number of methoxy groups -OCH3 is 1. The Hall–Kier alpha value is -3.48. The Morgan fingerprint density at radius 3 is 2.57 bits per heavy atom. The number of fused-ring (bicyclic) bond motifs is 2. The van der Waals surface area contributed by atoms with Crippen molar-refractivity contribution in [3.8, 4) is 0 Å². The Morgan fingerprint density at radius 2 is 1.82 bits per heavy atom. The first kappa shape index (κ1) is 17.9. The number of aromatic nitrogens is 2. The van der Waals surface area contributed by atoms with Gasteiger partial charge >= 0.3 is 5.97 Å². The Labute approximate surface area is 161 Å². The molecule has 0 bridgehead atoms. The predicted molar refractivity (Wildman–Crippen MR) is 105 cm³/mol. The Bertz CT molecular complexity index is 1130. The van der Waals surface area contributed by atoms with Gasteiger partial charge in [-0.05, 0) is 55.3 Å². The summed E-state index contributed by atoms with van der Waals surface area (Å²) in [5.74, 6) is 0.0279. The van der Waals surface area contributed by atoms with Gasteiger partial charge in [-0.3, -0.25) is 14.2 Å². The van der Waals surface area contributed by atoms with Crippen LogP contribution >= 0.6 is 0 Å². The van der Waals surface area contributed by atoms with Gasteiger partial charge in [-0.1, -0.05) is 0 Å². The number of carbonyl (C=O) groups is 2. The third-order valence-corrected chi connectivity index (χ3v) is 4.89. The van der Waals surface area contributed by atoms with Gasteiger partial charge in [0.15, 0.2) is 0 Å². The maximum Gasteiger partial charge on any atom is 0.337 e. The maximum absolute atomic E-state index is 12.6. The number of carbonyl (C=O) groups excluding carboxylic acids is 2. The average molecular weight is 377 g/mol. The van der Waals surface area contributed by atoms with Gasteiger partial charge in [-0.15, -0.1) is 0 Å². The smallest absolute Gasteiger partial charge is 0.337 e. The number of nitrogens with zero attached hydrogens (tertiary/aromatic N) is 2. The molecule has 3 aromatic rings. The van der Waals surface area contributed by atoms with Crippen LogP contribution in [0.1, 0.15) is 39.4 Å². The summed E-state index contributed by atoms with van der Waals surface area (Å²) < 4.78 is 6.39. The molecular formula is C21H19N3O4. The highest BCUT2D eigenvalue weighted by Gasteiger charge is 2.16. The van der Waals surface area contributed by atoms with Gasteiger partial charge in [0.05, 0.1) is 23.6 Å². The molecule has 1 aliphatic rings. The first-order valence-electron chi connectivity index (χ1n) is 9.10. The van der Waals surface area contributed by atoms with Gasteiger partial charge in [0.1, 0.15) is 5.82 Å². The van der Waals surface area contributed by atoms with Crippen molar-refractivity contribution in [3.05, 3.63) is 69.8 Å². The second-order valence-electron chi connectivity index (χ2n) is 6.70. The normalized spacial score (nSPS) is 13.0. The number of nitrogens with one attached hydrogen (secondary N) is 1. The topological polar surface area (TPSA) is 90.3 Å². The molecular weight excluding hydrogens is 358 g/mol. The second-order valence-corrected chi connectivity index (χ2v) is 6.70. The summed E-state index contributed by atoms with van der Waals surface area (Å²) in [6, 6.07) is 11.3. The lowest BCUT2D eigenvalue weighted by molar-refractivity contribution is 0.0600. The molecule has 0 fully saturated rings. The largest absolute Gasteiger partial charge is 0.465 e. The molecule has 28 heavy (non-hydrogen) atoms. The van der Waals surface area contributed by atoms with E-state index in [1.807, 2.05) is 0 Å². The first-order chi connectivity index (χ1) is 13.6. The van der Waals surface area contributed by atoms with Crippen molar-refractivity contribution in [2.45, 2.75) is 25.8 Å². The highest BCUT2D eigenvalue weighted by Crippen LogP contribution is 2.18. The molecule has 2 aromatic carbocycles. The summed E-state index contributed by atoms with van der Waals surface area (Å²) in [4.78, 5) is 41.3. The van der Waals surface area contributed by atoms with E-state index in [0.717, 1.165) is 25.1 Å². The SMILES string of the molecule is COC(=O)c1ccc(NC(=O)c2ccc3c(=O)n4c(nc3c2)CCCC4)cc1. The quantitative estimate of drug-likeness (QED) is 0.709. The molecule has 7 heteroatoms. The van der Waals surface area contributed by atoms with Crippen molar-refractivity contribution in [2.75, 3.05) is 12.4 Å². The number of aryl methyl sites for hydroxylation is 1. The van der Waals surface area contributed by atoms with Crippen LogP contribution in [0.3, 0.4) is 0 Å². The monoisotopic (exact) mass is 377 g/mol. The third-order valence-electron chi connectivity index (χ3n) is 4.89. The molecule has 1 aromatic heterocycles. The minimum Gasteiger partial charge on any atom is -0.465 e. The van der Waals surface area contributed by atoms with E-state index in [0.29, 0.717) is 34.3 Å². The fraction of sp³-hybridized carbons (Fsp3) is 0.238. The lowest BCUT2D eigenvalue weighted by Gasteiger charge is -2.17. The predicted octanol–water partition coefficient (Wildman–Crippen LogP) is 2.77. The van der Waals surface area contributed by atoms with Gasteiger partial charge in [0.25, 0.3) is 11.5 Å². The lowest BCUT2D eigenvalue weighted by atomic mass is 10.1. The molecule has 1 amide bonds. The van der Waals surface area contributed by atoms with Crippen LogP contribution in [-0.2, 0) is 17.7 Å². The van der Waals surface area contributed by atoms with E-state index in [1.165, 1.54) is 7.11 Å². The molecule has 142 valence electrons. The fourth-order valence-corrected chi connectivity index (χ4v) is 3.39. The molecule has 2 heterocycles. The molecule has 0 saturated heterocycles. The third kappa shape index (κ3) is 3.26. The van der Waals surface area contributed by atoms with E-state index < -0.39 is 5.97 Å². The number of esters is 1. The summed E-state index contributed by atoms with van der Waals surface area (Å²) in [6.45, 7) is 0.695. The highest BCUT2D eigenvalue weighted by atomic mass is 16.5. The summed E-state index contributed by atoms with van der Waals surface area (Å²) >= 11 is 0. The Kier molecular flexibility index (Phi) is 4.65. The molecule has 1 aliphatic heterocycles. The van der Waals surface area contributed by atoms with Gasteiger partial charge in [0, 0.05) is 24.2 Å². The van der Waals surface area contributed by atoms with Crippen LogP contribution in [0.2, 0.25) is 0 Å². The molecule has 0 saturated carbocycles. The van der Waals surface area contributed by atoms with E-state index >= 15 is 0 Å². The highest BCUT2D eigenvalue weighted by molar-refractivity contribution is 6.06. The second kappa shape index (κ2) is 7.26. The number of rotatable bonds is 3. The Morgan fingerprint density at radius 1 is 1.07 bits per heavy atom. The minimum atomic E-state index is -0.437. The van der Waals surface area contributed by atoms with Gasteiger partial charge in [-0.2, -0.15) is 0 Å². The zero-order valence-electron chi connectivity index (χ0n) is 15.4. The number of hydrogen-bond acceptors (Lipinski definition) is 5. The molecule has 0 spiro atoms. The van der Waals surface area contributed by atoms with Crippen LogP contribution in [0.5, 0.6) is 0 Å². The molecule has 7 nitrogen and oxygen atoms in total. The van der Waals surface area contributed by atoms with Gasteiger partial charge in [0.2, 0.25) is 0 Å². The van der Waals surface area contributed by atoms with Crippen molar-refractivity contribution < 1.29 is 14.3 Å². The number of hydrogen-bond donors (Lipinski definition) is 1. The van der Waals surface area contributed by atoms with Crippen molar-refractivity contribution in [1.29, 1.82) is 0 Å². The lowest BCUT2D eigenvalue weighted by Crippen LogP contribution is -2.28. The Balaban J connectivity index is 1.61. The minimum absolute atomic E-state index is 0.0509. The van der Waals surface area contributed by atoms with Crippen LogP contribution in [0.15, 0.2) is 47.3 Å².